The minimum Gasteiger partial charge on any atom is -0.325 e. The highest BCUT2D eigenvalue weighted by Crippen LogP contribution is 2.22. The van der Waals surface area contributed by atoms with Crippen LogP contribution in [0, 0.1) is 6.92 Å². The van der Waals surface area contributed by atoms with E-state index in [2.05, 4.69) is 44.1 Å². The summed E-state index contributed by atoms with van der Waals surface area (Å²) in [6.07, 6.45) is 2.54. The Hall–Kier alpha value is -1.90. The van der Waals surface area contributed by atoms with Crippen LogP contribution in [0.25, 0.3) is 0 Å². The Kier molecular flexibility index (Phi) is 6.87. The number of anilines is 1. The molecule has 0 atom stereocenters. The van der Waals surface area contributed by atoms with Gasteiger partial charge in [0, 0.05) is 28.0 Å². The van der Waals surface area contributed by atoms with E-state index in [1.54, 1.807) is 11.3 Å². The molecule has 27 heavy (non-hydrogen) atoms. The Bertz CT molecular complexity index is 937. The molecule has 8 heteroatoms. The van der Waals surface area contributed by atoms with Gasteiger partial charge in [0.1, 0.15) is 5.82 Å². The zero-order valence-corrected chi connectivity index (χ0v) is 18.0. The second kappa shape index (κ2) is 9.34. The summed E-state index contributed by atoms with van der Waals surface area (Å²) in [7, 11) is 0. The predicted octanol–water partition coefficient (Wildman–Crippen LogP) is 4.92. The molecule has 3 rings (SSSR count). The van der Waals surface area contributed by atoms with E-state index in [1.807, 2.05) is 47.2 Å². The van der Waals surface area contributed by atoms with Crippen LogP contribution < -0.4 is 5.32 Å². The molecular formula is C19H19BrN4OS2. The number of aryl methyl sites for hydroxylation is 1. The summed E-state index contributed by atoms with van der Waals surface area (Å²) < 4.78 is 3.03. The molecule has 1 aromatic carbocycles. The SMILES string of the molecule is C=CCn1c(Cc2cccs2)nnc1SCC(=O)Nc1ccc(Br)c(C)c1. The zero-order chi connectivity index (χ0) is 19.2. The number of nitrogens with one attached hydrogen (secondary N) is 1. The Labute approximate surface area is 175 Å². The van der Waals surface area contributed by atoms with Crippen molar-refractivity contribution in [3.63, 3.8) is 0 Å². The largest absolute Gasteiger partial charge is 0.325 e. The monoisotopic (exact) mass is 462 g/mol. The van der Waals surface area contributed by atoms with Gasteiger partial charge in [0.15, 0.2) is 5.16 Å². The first-order valence-corrected chi connectivity index (χ1v) is 11.0. The second-order valence-electron chi connectivity index (χ2n) is 5.86. The lowest BCUT2D eigenvalue weighted by atomic mass is 10.2. The van der Waals surface area contributed by atoms with Crippen molar-refractivity contribution in [2.24, 2.45) is 0 Å². The van der Waals surface area contributed by atoms with Crippen LogP contribution in [0.5, 0.6) is 0 Å². The molecule has 5 nitrogen and oxygen atoms in total. The number of benzene rings is 1. The minimum atomic E-state index is -0.0744. The molecule has 0 radical (unpaired) electrons. The summed E-state index contributed by atoms with van der Waals surface area (Å²) in [5.41, 5.74) is 1.86. The third kappa shape index (κ3) is 5.31. The molecule has 0 saturated heterocycles. The number of aromatic nitrogens is 3. The number of amides is 1. The molecule has 0 spiro atoms. The number of nitrogens with zero attached hydrogens (tertiary/aromatic N) is 3. The van der Waals surface area contributed by atoms with E-state index in [4.69, 9.17) is 0 Å². The second-order valence-corrected chi connectivity index (χ2v) is 8.68. The van der Waals surface area contributed by atoms with E-state index in [1.165, 1.54) is 16.6 Å². The van der Waals surface area contributed by atoms with E-state index >= 15 is 0 Å². The highest BCUT2D eigenvalue weighted by molar-refractivity contribution is 9.10. The molecule has 1 N–H and O–H groups in total. The van der Waals surface area contributed by atoms with Crippen LogP contribution in [0.3, 0.4) is 0 Å². The number of thiophene rings is 1. The molecule has 0 aliphatic rings. The van der Waals surface area contributed by atoms with Crippen LogP contribution in [0.2, 0.25) is 0 Å². The fourth-order valence-corrected chi connectivity index (χ4v) is 4.20. The highest BCUT2D eigenvalue weighted by atomic mass is 79.9. The Morgan fingerprint density at radius 1 is 1.41 bits per heavy atom. The van der Waals surface area contributed by atoms with Crippen molar-refractivity contribution < 1.29 is 4.79 Å². The van der Waals surface area contributed by atoms with Crippen LogP contribution in [-0.2, 0) is 17.8 Å². The van der Waals surface area contributed by atoms with Gasteiger partial charge in [-0.15, -0.1) is 28.1 Å². The number of carbonyl (C=O) groups is 1. The van der Waals surface area contributed by atoms with E-state index in [0.29, 0.717) is 6.54 Å². The number of hydrogen-bond donors (Lipinski definition) is 1. The summed E-state index contributed by atoms with van der Waals surface area (Å²) in [6.45, 7) is 6.42. The number of carbonyl (C=O) groups excluding carboxylic acids is 1. The Morgan fingerprint density at radius 3 is 2.96 bits per heavy atom. The molecule has 2 aromatic heterocycles. The molecule has 0 unspecified atom stereocenters. The molecule has 1 amide bonds. The third-order valence-corrected chi connectivity index (χ3v) is 6.52. The van der Waals surface area contributed by atoms with Crippen molar-refractivity contribution in [3.05, 3.63) is 69.1 Å². The zero-order valence-electron chi connectivity index (χ0n) is 14.8. The van der Waals surface area contributed by atoms with Gasteiger partial charge in [0.25, 0.3) is 0 Å². The normalized spacial score (nSPS) is 10.7. The maximum absolute atomic E-state index is 12.3. The molecule has 0 fully saturated rings. The summed E-state index contributed by atoms with van der Waals surface area (Å²) in [5.74, 6) is 1.07. The van der Waals surface area contributed by atoms with E-state index in [-0.39, 0.29) is 11.7 Å². The predicted molar refractivity (Wildman–Crippen MR) is 116 cm³/mol. The van der Waals surface area contributed by atoms with E-state index < -0.39 is 0 Å². The van der Waals surface area contributed by atoms with Crippen molar-refractivity contribution >= 4 is 50.6 Å². The lowest BCUT2D eigenvalue weighted by Gasteiger charge is -2.08. The maximum atomic E-state index is 12.3. The van der Waals surface area contributed by atoms with Crippen LogP contribution >= 0.6 is 39.0 Å². The van der Waals surface area contributed by atoms with Gasteiger partial charge < -0.3 is 9.88 Å². The van der Waals surface area contributed by atoms with Gasteiger partial charge in [-0.3, -0.25) is 4.79 Å². The number of halogens is 1. The Morgan fingerprint density at radius 2 is 2.26 bits per heavy atom. The van der Waals surface area contributed by atoms with Crippen molar-refractivity contribution in [1.82, 2.24) is 14.8 Å². The van der Waals surface area contributed by atoms with Crippen LogP contribution in [0.15, 0.2) is 58.0 Å². The van der Waals surface area contributed by atoms with Gasteiger partial charge in [-0.05, 0) is 42.1 Å². The molecule has 2 heterocycles. The van der Waals surface area contributed by atoms with E-state index in [9.17, 15) is 4.79 Å². The van der Waals surface area contributed by atoms with Gasteiger partial charge in [0.2, 0.25) is 5.91 Å². The fourth-order valence-electron chi connectivity index (χ4n) is 2.49. The molecule has 0 bridgehead atoms. The van der Waals surface area contributed by atoms with Crippen molar-refractivity contribution in [3.8, 4) is 0 Å². The molecular weight excluding hydrogens is 444 g/mol. The number of allylic oxidation sites excluding steroid dienone is 1. The first-order chi connectivity index (χ1) is 13.1. The van der Waals surface area contributed by atoms with Gasteiger partial charge in [-0.25, -0.2) is 0 Å². The lowest BCUT2D eigenvalue weighted by Crippen LogP contribution is -2.15. The van der Waals surface area contributed by atoms with Crippen molar-refractivity contribution in [2.45, 2.75) is 25.0 Å². The minimum absolute atomic E-state index is 0.0744. The fraction of sp³-hybridized carbons (Fsp3) is 0.211. The highest BCUT2D eigenvalue weighted by Gasteiger charge is 2.14. The summed E-state index contributed by atoms with van der Waals surface area (Å²) in [5, 5.41) is 14.3. The smallest absolute Gasteiger partial charge is 0.234 e. The molecule has 140 valence electrons. The molecule has 0 saturated carbocycles. The van der Waals surface area contributed by atoms with Crippen molar-refractivity contribution in [1.29, 1.82) is 0 Å². The number of rotatable bonds is 8. The standard InChI is InChI=1S/C19H19BrN4OS2/c1-3-8-24-17(11-15-5-4-9-26-15)22-23-19(24)27-12-18(25)21-14-6-7-16(20)13(2)10-14/h3-7,9-10H,1,8,11-12H2,2H3,(H,21,25). The summed E-state index contributed by atoms with van der Waals surface area (Å²) in [6, 6.07) is 9.84. The van der Waals surface area contributed by atoms with Gasteiger partial charge >= 0.3 is 0 Å². The average Bonchev–Trinajstić information content (AvgIpc) is 3.28. The van der Waals surface area contributed by atoms with Crippen LogP contribution in [0.1, 0.15) is 16.3 Å². The summed E-state index contributed by atoms with van der Waals surface area (Å²) >= 11 is 6.53. The van der Waals surface area contributed by atoms with Gasteiger partial charge in [0.05, 0.1) is 5.75 Å². The molecule has 0 aliphatic heterocycles. The van der Waals surface area contributed by atoms with Crippen LogP contribution in [-0.4, -0.2) is 26.4 Å². The molecule has 3 aromatic rings. The topological polar surface area (TPSA) is 59.8 Å². The van der Waals surface area contributed by atoms with Gasteiger partial charge in [-0.1, -0.05) is 39.8 Å². The van der Waals surface area contributed by atoms with Gasteiger partial charge in [-0.2, -0.15) is 0 Å². The van der Waals surface area contributed by atoms with Crippen molar-refractivity contribution in [2.75, 3.05) is 11.1 Å². The number of hydrogen-bond acceptors (Lipinski definition) is 5. The van der Waals surface area contributed by atoms with Crippen LogP contribution in [0.4, 0.5) is 5.69 Å². The lowest BCUT2D eigenvalue weighted by molar-refractivity contribution is -0.113. The Balaban J connectivity index is 1.64. The quantitative estimate of drug-likeness (QED) is 0.381. The third-order valence-electron chi connectivity index (χ3n) is 3.79. The first kappa shape index (κ1) is 19.9. The first-order valence-electron chi connectivity index (χ1n) is 8.31. The average molecular weight is 463 g/mol. The summed E-state index contributed by atoms with van der Waals surface area (Å²) in [4.78, 5) is 13.5. The maximum Gasteiger partial charge on any atom is 0.234 e. The van der Waals surface area contributed by atoms with E-state index in [0.717, 1.165) is 33.1 Å². The molecule has 0 aliphatic carbocycles. The number of thioether (sulfide) groups is 1.